The van der Waals surface area contributed by atoms with Crippen LogP contribution in [0.5, 0.6) is 5.75 Å². The molecule has 0 fully saturated rings. The molecule has 0 amide bonds. The van der Waals surface area contributed by atoms with Crippen LogP contribution in [-0.4, -0.2) is 19.8 Å². The lowest BCUT2D eigenvalue weighted by Gasteiger charge is -2.11. The topological polar surface area (TPSA) is 44.5 Å². The van der Waals surface area contributed by atoms with Crippen molar-refractivity contribution in [3.8, 4) is 5.75 Å². The molecule has 0 aromatic heterocycles. The van der Waals surface area contributed by atoms with Crippen LogP contribution in [0.3, 0.4) is 0 Å². The van der Waals surface area contributed by atoms with Gasteiger partial charge in [0.15, 0.2) is 0 Å². The van der Waals surface area contributed by atoms with Gasteiger partial charge in [-0.25, -0.2) is 0 Å². The summed E-state index contributed by atoms with van der Waals surface area (Å²) in [5, 5.41) is 0.593. The molecule has 0 aliphatic heterocycles. The normalized spacial score (nSPS) is 12.5. The lowest BCUT2D eigenvalue weighted by atomic mass is 10.1. The molecule has 96 valence electrons. The Labute approximate surface area is 108 Å². The standard InChI is InChI=1S/C13H20ClNO2/c1-3-6-16-7-8-17-13-5-4-11(10(2)15)9-12(13)14/h4-5,9-10H,3,6-8,15H2,1-2H3/t10-/m1/s1. The van der Waals surface area contributed by atoms with E-state index in [9.17, 15) is 0 Å². The van der Waals surface area contributed by atoms with Gasteiger partial charge in [-0.15, -0.1) is 0 Å². The van der Waals surface area contributed by atoms with Crippen LogP contribution < -0.4 is 10.5 Å². The van der Waals surface area contributed by atoms with Gasteiger partial charge in [-0.2, -0.15) is 0 Å². The Morgan fingerprint density at radius 3 is 2.65 bits per heavy atom. The van der Waals surface area contributed by atoms with Crippen LogP contribution in [0, 0.1) is 0 Å². The van der Waals surface area contributed by atoms with Crippen LogP contribution in [-0.2, 0) is 4.74 Å². The Hall–Kier alpha value is -0.770. The summed E-state index contributed by atoms with van der Waals surface area (Å²) in [7, 11) is 0. The molecule has 0 saturated carbocycles. The highest BCUT2D eigenvalue weighted by atomic mass is 35.5. The van der Waals surface area contributed by atoms with E-state index >= 15 is 0 Å². The van der Waals surface area contributed by atoms with Crippen molar-refractivity contribution in [1.82, 2.24) is 0 Å². The number of nitrogens with two attached hydrogens (primary N) is 1. The minimum atomic E-state index is -0.0190. The van der Waals surface area contributed by atoms with E-state index in [1.165, 1.54) is 0 Å². The zero-order valence-electron chi connectivity index (χ0n) is 10.4. The quantitative estimate of drug-likeness (QED) is 0.763. The van der Waals surface area contributed by atoms with Crippen molar-refractivity contribution in [3.63, 3.8) is 0 Å². The van der Waals surface area contributed by atoms with E-state index in [4.69, 9.17) is 26.8 Å². The number of hydrogen-bond donors (Lipinski definition) is 1. The minimum Gasteiger partial charge on any atom is -0.490 e. The van der Waals surface area contributed by atoms with E-state index in [0.29, 0.717) is 24.0 Å². The number of benzene rings is 1. The van der Waals surface area contributed by atoms with E-state index in [-0.39, 0.29) is 6.04 Å². The zero-order chi connectivity index (χ0) is 12.7. The van der Waals surface area contributed by atoms with Crippen molar-refractivity contribution in [2.45, 2.75) is 26.3 Å². The molecule has 0 saturated heterocycles. The highest BCUT2D eigenvalue weighted by Crippen LogP contribution is 2.27. The average molecular weight is 258 g/mol. The maximum absolute atomic E-state index is 6.09. The predicted molar refractivity (Wildman–Crippen MR) is 70.7 cm³/mol. The number of hydrogen-bond acceptors (Lipinski definition) is 3. The van der Waals surface area contributed by atoms with Gasteiger partial charge in [-0.3, -0.25) is 0 Å². The monoisotopic (exact) mass is 257 g/mol. The third kappa shape index (κ3) is 4.94. The highest BCUT2D eigenvalue weighted by Gasteiger charge is 2.05. The van der Waals surface area contributed by atoms with Crippen molar-refractivity contribution in [3.05, 3.63) is 28.8 Å². The third-order valence-electron chi connectivity index (χ3n) is 2.32. The first-order chi connectivity index (χ1) is 8.15. The van der Waals surface area contributed by atoms with Gasteiger partial charge < -0.3 is 15.2 Å². The molecule has 0 radical (unpaired) electrons. The molecule has 1 rings (SSSR count). The Morgan fingerprint density at radius 1 is 1.29 bits per heavy atom. The van der Waals surface area contributed by atoms with Crippen LogP contribution in [0.1, 0.15) is 31.9 Å². The SMILES string of the molecule is CCCOCCOc1ccc([C@@H](C)N)cc1Cl. The molecule has 0 unspecified atom stereocenters. The summed E-state index contributed by atoms with van der Waals surface area (Å²) in [6, 6.07) is 5.60. The number of ether oxygens (including phenoxy) is 2. The largest absolute Gasteiger partial charge is 0.490 e. The molecule has 0 aliphatic carbocycles. The van der Waals surface area contributed by atoms with Gasteiger partial charge in [0, 0.05) is 12.6 Å². The number of halogens is 1. The third-order valence-corrected chi connectivity index (χ3v) is 2.61. The lowest BCUT2D eigenvalue weighted by molar-refractivity contribution is 0.101. The van der Waals surface area contributed by atoms with Crippen molar-refractivity contribution < 1.29 is 9.47 Å². The summed E-state index contributed by atoms with van der Waals surface area (Å²) in [5.74, 6) is 0.677. The molecule has 17 heavy (non-hydrogen) atoms. The summed E-state index contributed by atoms with van der Waals surface area (Å²) >= 11 is 6.09. The first-order valence-electron chi connectivity index (χ1n) is 5.90. The fraction of sp³-hybridized carbons (Fsp3) is 0.538. The van der Waals surface area contributed by atoms with Crippen molar-refractivity contribution in [2.24, 2.45) is 5.73 Å². The summed E-state index contributed by atoms with van der Waals surface area (Å²) < 4.78 is 10.8. The lowest BCUT2D eigenvalue weighted by Crippen LogP contribution is -2.08. The maximum Gasteiger partial charge on any atom is 0.138 e. The van der Waals surface area contributed by atoms with Crippen molar-refractivity contribution in [2.75, 3.05) is 19.8 Å². The fourth-order valence-corrected chi connectivity index (χ4v) is 1.62. The first kappa shape index (κ1) is 14.3. The van der Waals surface area contributed by atoms with Crippen LogP contribution in [0.15, 0.2) is 18.2 Å². The second-order valence-corrected chi connectivity index (χ2v) is 4.35. The van der Waals surface area contributed by atoms with Gasteiger partial charge in [-0.1, -0.05) is 24.6 Å². The van der Waals surface area contributed by atoms with Crippen LogP contribution in [0.25, 0.3) is 0 Å². The Morgan fingerprint density at radius 2 is 2.06 bits per heavy atom. The molecule has 3 nitrogen and oxygen atoms in total. The molecular weight excluding hydrogens is 238 g/mol. The molecule has 0 aliphatic rings. The first-order valence-corrected chi connectivity index (χ1v) is 6.28. The van der Waals surface area contributed by atoms with Crippen molar-refractivity contribution in [1.29, 1.82) is 0 Å². The van der Waals surface area contributed by atoms with Crippen LogP contribution in [0.2, 0.25) is 5.02 Å². The fourth-order valence-electron chi connectivity index (χ4n) is 1.37. The summed E-state index contributed by atoms with van der Waals surface area (Å²) in [6.45, 7) is 5.85. The van der Waals surface area contributed by atoms with E-state index in [1.807, 2.05) is 25.1 Å². The second-order valence-electron chi connectivity index (χ2n) is 3.94. The van der Waals surface area contributed by atoms with E-state index in [1.54, 1.807) is 0 Å². The maximum atomic E-state index is 6.09. The van der Waals surface area contributed by atoms with Gasteiger partial charge in [-0.05, 0) is 31.0 Å². The van der Waals surface area contributed by atoms with Gasteiger partial charge in [0.2, 0.25) is 0 Å². The van der Waals surface area contributed by atoms with Crippen LogP contribution >= 0.6 is 11.6 Å². The smallest absolute Gasteiger partial charge is 0.138 e. The minimum absolute atomic E-state index is 0.0190. The molecule has 0 spiro atoms. The zero-order valence-corrected chi connectivity index (χ0v) is 11.2. The predicted octanol–water partition coefficient (Wildman–Crippen LogP) is 3.17. The van der Waals surface area contributed by atoms with Gasteiger partial charge in [0.1, 0.15) is 12.4 Å². The van der Waals surface area contributed by atoms with Crippen LogP contribution in [0.4, 0.5) is 0 Å². The van der Waals surface area contributed by atoms with E-state index < -0.39 is 0 Å². The molecule has 2 N–H and O–H groups in total. The highest BCUT2D eigenvalue weighted by molar-refractivity contribution is 6.32. The average Bonchev–Trinajstić information content (AvgIpc) is 2.30. The van der Waals surface area contributed by atoms with E-state index in [2.05, 4.69) is 6.92 Å². The molecule has 1 aromatic carbocycles. The van der Waals surface area contributed by atoms with Gasteiger partial charge in [0.25, 0.3) is 0 Å². The molecule has 4 heteroatoms. The van der Waals surface area contributed by atoms with Crippen molar-refractivity contribution >= 4 is 11.6 Å². The molecule has 1 aromatic rings. The number of rotatable bonds is 7. The summed E-state index contributed by atoms with van der Waals surface area (Å²) in [6.07, 6.45) is 1.02. The Kier molecular flexibility index (Phi) is 6.34. The summed E-state index contributed by atoms with van der Waals surface area (Å²) in [5.41, 5.74) is 6.77. The molecule has 1 atom stereocenters. The molecule has 0 heterocycles. The molecular formula is C13H20ClNO2. The Bertz CT molecular complexity index is 342. The molecule has 0 bridgehead atoms. The summed E-state index contributed by atoms with van der Waals surface area (Å²) in [4.78, 5) is 0. The van der Waals surface area contributed by atoms with Gasteiger partial charge >= 0.3 is 0 Å². The second kappa shape index (κ2) is 7.54. The Balaban J connectivity index is 2.43. The van der Waals surface area contributed by atoms with E-state index in [0.717, 1.165) is 18.6 Å². The van der Waals surface area contributed by atoms with Gasteiger partial charge in [0.05, 0.1) is 11.6 Å².